The van der Waals surface area contributed by atoms with Crippen LogP contribution in [-0.4, -0.2) is 28.6 Å². The monoisotopic (exact) mass is 379 g/mol. The van der Waals surface area contributed by atoms with E-state index in [1.54, 1.807) is 24.3 Å². The minimum Gasteiger partial charge on any atom is -0.482 e. The van der Waals surface area contributed by atoms with E-state index in [0.717, 1.165) is 16.6 Å². The maximum Gasteiger partial charge on any atom is 0.573 e. The molecule has 142 valence electrons. The van der Waals surface area contributed by atoms with Crippen LogP contribution in [0.2, 0.25) is 0 Å². The molecule has 0 atom stereocenters. The molecule has 0 amide bonds. The molecule has 27 heavy (non-hydrogen) atoms. The van der Waals surface area contributed by atoms with Gasteiger partial charge in [0.1, 0.15) is 11.5 Å². The smallest absolute Gasteiger partial charge is 0.482 e. The number of carboxylic acids is 1. The Hall–Kier alpha value is -3.16. The predicted octanol–water partition coefficient (Wildman–Crippen LogP) is 4.36. The van der Waals surface area contributed by atoms with E-state index in [1.807, 2.05) is 23.6 Å². The first kappa shape index (κ1) is 18.6. The summed E-state index contributed by atoms with van der Waals surface area (Å²) in [5, 5.41) is 9.48. The van der Waals surface area contributed by atoms with Crippen molar-refractivity contribution in [3.63, 3.8) is 0 Å². The van der Waals surface area contributed by atoms with Crippen molar-refractivity contribution >= 4 is 16.9 Å². The Kier molecular flexibility index (Phi) is 4.98. The maximum absolute atomic E-state index is 12.5. The number of fused-ring (bicyclic) bond motifs is 1. The average molecular weight is 379 g/mol. The number of carboxylic acid groups (broad SMARTS) is 1. The van der Waals surface area contributed by atoms with Gasteiger partial charge in [0.05, 0.1) is 5.52 Å². The predicted molar refractivity (Wildman–Crippen MR) is 92.0 cm³/mol. The third kappa shape index (κ3) is 4.72. The molecule has 0 bridgehead atoms. The van der Waals surface area contributed by atoms with Gasteiger partial charge in [0.2, 0.25) is 0 Å². The Labute approximate surface area is 152 Å². The summed E-state index contributed by atoms with van der Waals surface area (Å²) in [6.45, 7) is 1.79. The van der Waals surface area contributed by atoms with Crippen molar-refractivity contribution in [3.05, 3.63) is 59.8 Å². The summed E-state index contributed by atoms with van der Waals surface area (Å²) >= 11 is 0. The normalized spacial score (nSPS) is 11.6. The molecule has 0 unspecified atom stereocenters. The summed E-state index contributed by atoms with van der Waals surface area (Å²) in [5.41, 5.74) is 2.29. The molecular weight excluding hydrogens is 363 g/mol. The number of halogens is 3. The number of rotatable bonds is 6. The van der Waals surface area contributed by atoms with Crippen LogP contribution < -0.4 is 9.47 Å². The van der Waals surface area contributed by atoms with Crippen LogP contribution in [0.15, 0.2) is 48.5 Å². The lowest BCUT2D eigenvalue weighted by Crippen LogP contribution is -2.17. The number of benzene rings is 2. The van der Waals surface area contributed by atoms with Gasteiger partial charge in [-0.15, -0.1) is 13.2 Å². The maximum atomic E-state index is 12.5. The molecule has 0 saturated heterocycles. The number of carbonyl (C=O) groups is 1. The summed E-state index contributed by atoms with van der Waals surface area (Å²) in [4.78, 5) is 10.6. The van der Waals surface area contributed by atoms with Crippen molar-refractivity contribution in [2.45, 2.75) is 19.8 Å². The first-order chi connectivity index (χ1) is 12.7. The highest BCUT2D eigenvalue weighted by Crippen LogP contribution is 2.29. The minimum absolute atomic E-state index is 0.284. The summed E-state index contributed by atoms with van der Waals surface area (Å²) in [7, 11) is 0. The van der Waals surface area contributed by atoms with Crippen molar-refractivity contribution in [2.75, 3.05) is 6.61 Å². The van der Waals surface area contributed by atoms with Gasteiger partial charge in [0.15, 0.2) is 6.61 Å². The van der Waals surface area contributed by atoms with Crippen LogP contribution in [0.3, 0.4) is 0 Å². The summed E-state index contributed by atoms with van der Waals surface area (Å²) in [5.74, 6) is -0.956. The lowest BCUT2D eigenvalue weighted by molar-refractivity contribution is -0.274. The highest BCUT2D eigenvalue weighted by Gasteiger charge is 2.31. The van der Waals surface area contributed by atoms with Gasteiger partial charge in [-0.3, -0.25) is 0 Å². The largest absolute Gasteiger partial charge is 0.573 e. The van der Waals surface area contributed by atoms with Gasteiger partial charge >= 0.3 is 12.3 Å². The number of alkyl halides is 3. The van der Waals surface area contributed by atoms with Crippen LogP contribution in [0.1, 0.15) is 11.3 Å². The van der Waals surface area contributed by atoms with Crippen molar-refractivity contribution in [3.8, 4) is 11.5 Å². The van der Waals surface area contributed by atoms with E-state index in [9.17, 15) is 18.0 Å². The molecule has 1 N–H and O–H groups in total. The molecule has 3 aromatic rings. The number of hydrogen-bond donors (Lipinski definition) is 1. The third-order valence-electron chi connectivity index (χ3n) is 3.92. The van der Waals surface area contributed by atoms with Crippen LogP contribution in [0.5, 0.6) is 11.5 Å². The van der Waals surface area contributed by atoms with Crippen molar-refractivity contribution in [2.24, 2.45) is 0 Å². The Bertz CT molecular complexity index is 979. The van der Waals surface area contributed by atoms with Crippen LogP contribution in [-0.2, 0) is 11.3 Å². The van der Waals surface area contributed by atoms with E-state index in [-0.39, 0.29) is 5.75 Å². The topological polar surface area (TPSA) is 60.7 Å². The third-order valence-corrected chi connectivity index (χ3v) is 3.92. The number of aliphatic carboxylic acids is 1. The zero-order valence-electron chi connectivity index (χ0n) is 14.3. The minimum atomic E-state index is -4.75. The summed E-state index contributed by atoms with van der Waals surface area (Å²) < 4.78 is 48.5. The highest BCUT2D eigenvalue weighted by molar-refractivity contribution is 5.83. The Morgan fingerprint density at radius 3 is 2.59 bits per heavy atom. The van der Waals surface area contributed by atoms with Gasteiger partial charge in [-0.2, -0.15) is 0 Å². The fourth-order valence-corrected chi connectivity index (χ4v) is 2.84. The van der Waals surface area contributed by atoms with E-state index >= 15 is 0 Å². The van der Waals surface area contributed by atoms with Crippen LogP contribution in [0.4, 0.5) is 13.2 Å². The quantitative estimate of drug-likeness (QED) is 0.691. The Balaban J connectivity index is 1.90. The first-order valence-corrected chi connectivity index (χ1v) is 8.00. The molecule has 0 aliphatic carbocycles. The molecule has 0 aliphatic heterocycles. The molecule has 0 saturated carbocycles. The number of aromatic nitrogens is 1. The van der Waals surface area contributed by atoms with Gasteiger partial charge in [0, 0.05) is 23.7 Å². The van der Waals surface area contributed by atoms with Crippen LogP contribution >= 0.6 is 0 Å². The molecule has 0 radical (unpaired) electrons. The second-order valence-electron chi connectivity index (χ2n) is 5.97. The number of aryl methyl sites for hydroxylation is 1. The second kappa shape index (κ2) is 7.22. The highest BCUT2D eigenvalue weighted by atomic mass is 19.4. The molecule has 3 rings (SSSR count). The van der Waals surface area contributed by atoms with Crippen molar-refractivity contribution in [1.29, 1.82) is 0 Å². The lowest BCUT2D eigenvalue weighted by atomic mass is 10.2. The van der Waals surface area contributed by atoms with Gasteiger partial charge in [-0.25, -0.2) is 4.79 Å². The molecule has 1 aromatic heterocycles. The molecule has 1 heterocycles. The molecule has 0 aliphatic rings. The standard InChI is InChI=1S/C19H16F3NO4/c1-12-7-14-5-6-16(27-19(20,21)22)9-17(14)23(12)10-13-3-2-4-15(8-13)26-11-18(24)25/h2-9H,10-11H2,1H3,(H,24,25). The molecule has 5 nitrogen and oxygen atoms in total. The van der Waals surface area contributed by atoms with Gasteiger partial charge in [-0.1, -0.05) is 12.1 Å². The van der Waals surface area contributed by atoms with Gasteiger partial charge < -0.3 is 19.1 Å². The van der Waals surface area contributed by atoms with E-state index in [4.69, 9.17) is 9.84 Å². The van der Waals surface area contributed by atoms with Crippen molar-refractivity contribution < 1.29 is 32.5 Å². The summed E-state index contributed by atoms with van der Waals surface area (Å²) in [6.07, 6.45) is -4.75. The number of nitrogens with zero attached hydrogens (tertiary/aromatic N) is 1. The number of ether oxygens (including phenoxy) is 2. The van der Waals surface area contributed by atoms with Gasteiger partial charge in [-0.05, 0) is 42.8 Å². The Morgan fingerprint density at radius 2 is 1.89 bits per heavy atom. The number of hydrogen-bond acceptors (Lipinski definition) is 3. The zero-order chi connectivity index (χ0) is 19.6. The summed E-state index contributed by atoms with van der Waals surface area (Å²) in [6, 6.07) is 13.0. The fraction of sp³-hybridized carbons (Fsp3) is 0.211. The zero-order valence-corrected chi connectivity index (χ0v) is 14.3. The van der Waals surface area contributed by atoms with E-state index in [2.05, 4.69) is 4.74 Å². The molecule has 0 fully saturated rings. The molecule has 8 heteroatoms. The molecular formula is C19H16F3NO4. The Morgan fingerprint density at radius 1 is 1.11 bits per heavy atom. The first-order valence-electron chi connectivity index (χ1n) is 8.00. The van der Waals surface area contributed by atoms with E-state index in [1.165, 1.54) is 12.1 Å². The van der Waals surface area contributed by atoms with Crippen LogP contribution in [0.25, 0.3) is 10.9 Å². The van der Waals surface area contributed by atoms with E-state index in [0.29, 0.717) is 17.8 Å². The SMILES string of the molecule is Cc1cc2ccc(OC(F)(F)F)cc2n1Cc1cccc(OCC(=O)O)c1. The van der Waals surface area contributed by atoms with Crippen molar-refractivity contribution in [1.82, 2.24) is 4.57 Å². The lowest BCUT2D eigenvalue weighted by Gasteiger charge is -2.12. The molecule has 2 aromatic carbocycles. The molecule has 0 spiro atoms. The second-order valence-corrected chi connectivity index (χ2v) is 5.97. The van der Waals surface area contributed by atoms with E-state index < -0.39 is 18.9 Å². The van der Waals surface area contributed by atoms with Gasteiger partial charge in [0.25, 0.3) is 0 Å². The average Bonchev–Trinajstić information content (AvgIpc) is 2.87. The fourth-order valence-electron chi connectivity index (χ4n) is 2.84. The van der Waals surface area contributed by atoms with Crippen LogP contribution in [0, 0.1) is 6.92 Å².